The van der Waals surface area contributed by atoms with Gasteiger partial charge in [0.25, 0.3) is 5.91 Å². The molecule has 2 aromatic rings. The van der Waals surface area contributed by atoms with Crippen LogP contribution in [0.25, 0.3) is 11.5 Å². The molecule has 0 aliphatic carbocycles. The molecule has 0 bridgehead atoms. The van der Waals surface area contributed by atoms with Crippen LogP contribution < -0.4 is 5.32 Å². The molecule has 1 aliphatic heterocycles. The van der Waals surface area contributed by atoms with E-state index in [0.29, 0.717) is 12.0 Å². The topological polar surface area (TPSA) is 116 Å². The number of benzene rings is 1. The summed E-state index contributed by atoms with van der Waals surface area (Å²) in [5.74, 6) is -0.800. The molecule has 2 atom stereocenters. The average Bonchev–Trinajstić information content (AvgIpc) is 3.17. The molecule has 9 heteroatoms. The Morgan fingerprint density at radius 3 is 2.63 bits per heavy atom. The largest absolute Gasteiger partial charge is 0.448 e. The maximum Gasteiger partial charge on any atom is 0.361 e. The van der Waals surface area contributed by atoms with Crippen LogP contribution in [-0.2, 0) is 19.4 Å². The molecular formula is C18H20N2O6S. The van der Waals surface area contributed by atoms with Gasteiger partial charge in [-0.2, -0.15) is 0 Å². The van der Waals surface area contributed by atoms with Crippen molar-refractivity contribution in [3.63, 3.8) is 0 Å². The number of oxazole rings is 1. The maximum absolute atomic E-state index is 12.3. The number of sulfone groups is 1. The molecular weight excluding hydrogens is 372 g/mol. The summed E-state index contributed by atoms with van der Waals surface area (Å²) in [5.41, 5.74) is 0.713. The highest BCUT2D eigenvalue weighted by atomic mass is 32.2. The molecule has 144 valence electrons. The van der Waals surface area contributed by atoms with Crippen LogP contribution in [0.1, 0.15) is 29.6 Å². The lowest BCUT2D eigenvalue weighted by Crippen LogP contribution is -2.42. The van der Waals surface area contributed by atoms with Crippen LogP contribution in [0.3, 0.4) is 0 Å². The van der Waals surface area contributed by atoms with Gasteiger partial charge in [-0.25, -0.2) is 18.2 Å². The van der Waals surface area contributed by atoms with E-state index in [0.717, 1.165) is 0 Å². The van der Waals surface area contributed by atoms with E-state index in [4.69, 9.17) is 9.15 Å². The predicted molar refractivity (Wildman–Crippen MR) is 96.8 cm³/mol. The summed E-state index contributed by atoms with van der Waals surface area (Å²) in [6.07, 6.45) is -0.727. The van der Waals surface area contributed by atoms with Crippen LogP contribution in [-0.4, -0.2) is 48.9 Å². The van der Waals surface area contributed by atoms with E-state index in [1.807, 2.05) is 18.2 Å². The second kappa shape index (κ2) is 7.51. The van der Waals surface area contributed by atoms with Gasteiger partial charge in [-0.05, 0) is 32.4 Å². The minimum absolute atomic E-state index is 0.00283. The quantitative estimate of drug-likeness (QED) is 0.767. The molecule has 1 aromatic carbocycles. The van der Waals surface area contributed by atoms with Gasteiger partial charge in [0.1, 0.15) is 5.76 Å². The third-order valence-electron chi connectivity index (χ3n) is 4.24. The van der Waals surface area contributed by atoms with E-state index in [1.165, 1.54) is 6.92 Å². The van der Waals surface area contributed by atoms with Crippen LogP contribution in [0, 0.1) is 6.92 Å². The van der Waals surface area contributed by atoms with Gasteiger partial charge in [0.05, 0.1) is 11.5 Å². The number of aromatic nitrogens is 1. The number of hydrogen-bond acceptors (Lipinski definition) is 7. The zero-order chi connectivity index (χ0) is 19.6. The molecule has 1 N–H and O–H groups in total. The van der Waals surface area contributed by atoms with Crippen LogP contribution in [0.15, 0.2) is 34.7 Å². The van der Waals surface area contributed by atoms with Gasteiger partial charge in [0.15, 0.2) is 21.6 Å². The van der Waals surface area contributed by atoms with Gasteiger partial charge in [-0.1, -0.05) is 18.2 Å². The third kappa shape index (κ3) is 4.54. The van der Waals surface area contributed by atoms with Crippen molar-refractivity contribution in [1.82, 2.24) is 10.3 Å². The first kappa shape index (κ1) is 19.1. The van der Waals surface area contributed by atoms with Gasteiger partial charge in [-0.3, -0.25) is 4.79 Å². The first-order chi connectivity index (χ1) is 12.7. The number of aryl methyl sites for hydroxylation is 1. The molecule has 1 saturated heterocycles. The highest BCUT2D eigenvalue weighted by Crippen LogP contribution is 2.22. The molecule has 8 nitrogen and oxygen atoms in total. The zero-order valence-electron chi connectivity index (χ0n) is 15.0. The summed E-state index contributed by atoms with van der Waals surface area (Å²) in [6, 6.07) is 8.63. The Labute approximate surface area is 156 Å². The van der Waals surface area contributed by atoms with Crippen molar-refractivity contribution < 1.29 is 27.2 Å². The Balaban J connectivity index is 1.63. The summed E-state index contributed by atoms with van der Waals surface area (Å²) in [6.45, 7) is 3.01. The van der Waals surface area contributed by atoms with Gasteiger partial charge in [0.2, 0.25) is 5.89 Å². The molecule has 27 heavy (non-hydrogen) atoms. The molecule has 2 heterocycles. The first-order valence-electron chi connectivity index (χ1n) is 8.50. The standard InChI is InChI=1S/C18H20N2O6S/c1-11-15(20-17(25-11)13-6-4-3-5-7-13)18(22)26-12(2)16(21)19-14-8-9-27(23,24)10-14/h3-7,12,14H,8-10H2,1-2H3,(H,19,21)/t12-,14-/m1/s1. The van der Waals surface area contributed by atoms with Gasteiger partial charge < -0.3 is 14.5 Å². The summed E-state index contributed by atoms with van der Waals surface area (Å²) in [4.78, 5) is 28.7. The molecule has 3 rings (SSSR count). The minimum Gasteiger partial charge on any atom is -0.448 e. The minimum atomic E-state index is -3.11. The van der Waals surface area contributed by atoms with Gasteiger partial charge >= 0.3 is 5.97 Å². The third-order valence-corrected chi connectivity index (χ3v) is 6.01. The van der Waals surface area contributed by atoms with E-state index in [1.54, 1.807) is 19.1 Å². The Morgan fingerprint density at radius 2 is 2.00 bits per heavy atom. The molecule has 1 amide bonds. The van der Waals surface area contributed by atoms with Crippen molar-refractivity contribution in [2.45, 2.75) is 32.4 Å². The van der Waals surface area contributed by atoms with Gasteiger partial charge in [0, 0.05) is 11.6 Å². The molecule has 1 fully saturated rings. The molecule has 0 spiro atoms. The van der Waals surface area contributed by atoms with Crippen molar-refractivity contribution in [3.8, 4) is 11.5 Å². The second-order valence-corrected chi connectivity index (χ2v) is 8.67. The number of rotatable bonds is 5. The van der Waals surface area contributed by atoms with Gasteiger partial charge in [-0.15, -0.1) is 0 Å². The summed E-state index contributed by atoms with van der Waals surface area (Å²) in [7, 11) is -3.11. The lowest BCUT2D eigenvalue weighted by Gasteiger charge is -2.16. The highest BCUT2D eigenvalue weighted by Gasteiger charge is 2.31. The number of carbonyl (C=O) groups excluding carboxylic acids is 2. The fourth-order valence-electron chi connectivity index (χ4n) is 2.79. The lowest BCUT2D eigenvalue weighted by molar-refractivity contribution is -0.129. The van der Waals surface area contributed by atoms with Crippen LogP contribution in [0.5, 0.6) is 0 Å². The first-order valence-corrected chi connectivity index (χ1v) is 10.3. The van der Waals surface area contributed by atoms with E-state index < -0.39 is 33.9 Å². The summed E-state index contributed by atoms with van der Waals surface area (Å²) >= 11 is 0. The second-order valence-electron chi connectivity index (χ2n) is 6.45. The molecule has 0 saturated carbocycles. The van der Waals surface area contributed by atoms with Crippen LogP contribution in [0.2, 0.25) is 0 Å². The van der Waals surface area contributed by atoms with Crippen molar-refractivity contribution in [2.75, 3.05) is 11.5 Å². The number of amides is 1. The van der Waals surface area contributed by atoms with Crippen LogP contribution >= 0.6 is 0 Å². The summed E-state index contributed by atoms with van der Waals surface area (Å²) < 4.78 is 33.6. The van der Waals surface area contributed by atoms with E-state index in [-0.39, 0.29) is 28.9 Å². The fourth-order valence-corrected chi connectivity index (χ4v) is 4.46. The Bertz CT molecular complexity index is 951. The summed E-state index contributed by atoms with van der Waals surface area (Å²) in [5, 5.41) is 2.60. The van der Waals surface area contributed by atoms with E-state index in [9.17, 15) is 18.0 Å². The maximum atomic E-state index is 12.3. The smallest absolute Gasteiger partial charge is 0.361 e. The number of carbonyl (C=O) groups is 2. The number of nitrogens with one attached hydrogen (secondary N) is 1. The molecule has 1 aliphatic rings. The van der Waals surface area contributed by atoms with E-state index >= 15 is 0 Å². The molecule has 0 radical (unpaired) electrons. The number of ether oxygens (including phenoxy) is 1. The Kier molecular flexibility index (Phi) is 5.31. The SMILES string of the molecule is Cc1oc(-c2ccccc2)nc1C(=O)O[C@H](C)C(=O)N[C@@H]1CCS(=O)(=O)C1. The Morgan fingerprint density at radius 1 is 1.30 bits per heavy atom. The monoisotopic (exact) mass is 392 g/mol. The highest BCUT2D eigenvalue weighted by molar-refractivity contribution is 7.91. The number of hydrogen-bond donors (Lipinski definition) is 1. The van der Waals surface area contributed by atoms with Crippen LogP contribution in [0.4, 0.5) is 0 Å². The normalized spacial score (nSPS) is 19.4. The fraction of sp³-hybridized carbons (Fsp3) is 0.389. The van der Waals surface area contributed by atoms with E-state index in [2.05, 4.69) is 10.3 Å². The predicted octanol–water partition coefficient (Wildman–Crippen LogP) is 1.50. The van der Waals surface area contributed by atoms with Crippen molar-refractivity contribution in [1.29, 1.82) is 0 Å². The Hall–Kier alpha value is -2.68. The molecule has 0 unspecified atom stereocenters. The van der Waals surface area contributed by atoms with Crippen molar-refractivity contribution >= 4 is 21.7 Å². The van der Waals surface area contributed by atoms with Crippen molar-refractivity contribution in [2.24, 2.45) is 0 Å². The van der Waals surface area contributed by atoms with Crippen molar-refractivity contribution in [3.05, 3.63) is 41.8 Å². The lowest BCUT2D eigenvalue weighted by atomic mass is 10.2. The number of nitrogens with zero attached hydrogens (tertiary/aromatic N) is 1. The average molecular weight is 392 g/mol. The molecule has 1 aromatic heterocycles. The zero-order valence-corrected chi connectivity index (χ0v) is 15.8. The number of esters is 1.